The van der Waals surface area contributed by atoms with Crippen LogP contribution in [0.15, 0.2) is 67.4 Å². The van der Waals surface area contributed by atoms with Crippen LogP contribution in [0.1, 0.15) is 12.5 Å². The molecular weight excluding hydrogens is 505 g/mol. The number of likely N-dealkylation sites (N-methyl/N-ethyl adjacent to an activating group) is 1. The van der Waals surface area contributed by atoms with Gasteiger partial charge < -0.3 is 19.9 Å². The van der Waals surface area contributed by atoms with Crippen molar-refractivity contribution in [2.45, 2.75) is 6.92 Å². The Morgan fingerprint density at radius 2 is 1.88 bits per heavy atom. The molecule has 0 atom stereocenters. The van der Waals surface area contributed by atoms with E-state index in [9.17, 15) is 4.39 Å². The van der Waals surface area contributed by atoms with Gasteiger partial charge in [0.25, 0.3) is 0 Å². The van der Waals surface area contributed by atoms with E-state index in [0.29, 0.717) is 12.4 Å². The van der Waals surface area contributed by atoms with E-state index in [4.69, 9.17) is 4.74 Å². The zero-order valence-corrected chi connectivity index (χ0v) is 23.0. The van der Waals surface area contributed by atoms with Crippen molar-refractivity contribution in [2.75, 3.05) is 34.3 Å². The van der Waals surface area contributed by atoms with Crippen molar-refractivity contribution in [1.82, 2.24) is 35.4 Å². The molecule has 0 aliphatic carbocycles. The molecule has 4 aromatic heterocycles. The maximum atomic E-state index is 13.5. The van der Waals surface area contributed by atoms with E-state index in [1.165, 1.54) is 12.1 Å². The first-order valence-electron chi connectivity index (χ1n) is 13.0. The maximum absolute atomic E-state index is 13.5. The van der Waals surface area contributed by atoms with E-state index in [-0.39, 0.29) is 5.82 Å². The van der Waals surface area contributed by atoms with Gasteiger partial charge in [0.05, 0.1) is 29.0 Å². The smallest absolute Gasteiger partial charge is 0.138 e. The number of benzene rings is 1. The van der Waals surface area contributed by atoms with Crippen LogP contribution >= 0.6 is 0 Å². The number of fused-ring (bicyclic) bond motifs is 1. The normalized spacial score (nSPS) is 13.0. The molecule has 0 aliphatic heterocycles. The highest BCUT2D eigenvalue weighted by atomic mass is 19.1. The summed E-state index contributed by atoms with van der Waals surface area (Å²) in [5, 5.41) is 13.8. The summed E-state index contributed by atoms with van der Waals surface area (Å²) in [5.74, 6) is 0.436. The molecule has 8 nitrogen and oxygen atoms in total. The van der Waals surface area contributed by atoms with Gasteiger partial charge >= 0.3 is 0 Å². The number of aromatic amines is 2. The summed E-state index contributed by atoms with van der Waals surface area (Å²) in [7, 11) is 5.89. The van der Waals surface area contributed by atoms with Crippen LogP contribution in [-0.4, -0.2) is 64.3 Å². The average Bonchev–Trinajstić information content (AvgIpc) is 3.57. The van der Waals surface area contributed by atoms with Crippen molar-refractivity contribution in [3.8, 4) is 28.3 Å². The predicted molar refractivity (Wildman–Crippen MR) is 158 cm³/mol. The van der Waals surface area contributed by atoms with Gasteiger partial charge in [-0.25, -0.2) is 4.39 Å². The quantitative estimate of drug-likeness (QED) is 0.264. The molecule has 0 unspecified atom stereocenters. The van der Waals surface area contributed by atoms with Crippen LogP contribution in [0.5, 0.6) is 5.75 Å². The van der Waals surface area contributed by atoms with E-state index in [1.807, 2.05) is 52.6 Å². The molecule has 0 bridgehead atoms. The van der Waals surface area contributed by atoms with Crippen molar-refractivity contribution >= 4 is 28.6 Å². The fraction of sp³-hybridized carbons (Fsp3) is 0.194. The second kappa shape index (κ2) is 12.0. The van der Waals surface area contributed by atoms with Gasteiger partial charge in [0.1, 0.15) is 23.9 Å². The van der Waals surface area contributed by atoms with E-state index < -0.39 is 0 Å². The van der Waals surface area contributed by atoms with Crippen LogP contribution in [0, 0.1) is 5.82 Å². The van der Waals surface area contributed by atoms with Crippen molar-refractivity contribution in [2.24, 2.45) is 0 Å². The van der Waals surface area contributed by atoms with Gasteiger partial charge in [-0.15, -0.1) is 0 Å². The Labute approximate surface area is 231 Å². The van der Waals surface area contributed by atoms with Gasteiger partial charge in [0.15, 0.2) is 0 Å². The Bertz CT molecular complexity index is 1770. The molecule has 0 saturated heterocycles. The summed E-state index contributed by atoms with van der Waals surface area (Å²) in [4.78, 5) is 14.4. The average molecular weight is 538 g/mol. The summed E-state index contributed by atoms with van der Waals surface area (Å²) in [6, 6.07) is 10.5. The van der Waals surface area contributed by atoms with Gasteiger partial charge in [-0.3, -0.25) is 15.1 Å². The summed E-state index contributed by atoms with van der Waals surface area (Å²) in [6.45, 7) is 3.36. The Hall–Kier alpha value is -4.76. The zero-order valence-electron chi connectivity index (χ0n) is 23.0. The molecule has 3 N–H and O–H groups in total. The van der Waals surface area contributed by atoms with Gasteiger partial charge in [0, 0.05) is 53.9 Å². The van der Waals surface area contributed by atoms with Gasteiger partial charge in [0.2, 0.25) is 0 Å². The lowest BCUT2D eigenvalue weighted by atomic mass is 10.0. The summed E-state index contributed by atoms with van der Waals surface area (Å²) < 4.78 is 19.5. The summed E-state index contributed by atoms with van der Waals surface area (Å²) in [6.07, 6.45) is 13.1. The highest BCUT2D eigenvalue weighted by Crippen LogP contribution is 2.30. The molecule has 0 amide bonds. The number of nitrogens with one attached hydrogen (secondary N) is 3. The minimum Gasteiger partial charge on any atom is -0.491 e. The Balaban J connectivity index is 1.58. The minimum atomic E-state index is -0.273. The van der Waals surface area contributed by atoms with Gasteiger partial charge in [-0.2, -0.15) is 5.10 Å². The molecular formula is C31H32FN7O. The monoisotopic (exact) mass is 537 g/mol. The van der Waals surface area contributed by atoms with Crippen molar-refractivity contribution in [3.05, 3.63) is 89.3 Å². The van der Waals surface area contributed by atoms with E-state index in [0.717, 1.165) is 61.7 Å². The molecule has 9 heteroatoms. The molecule has 40 heavy (non-hydrogen) atoms. The molecule has 204 valence electrons. The molecule has 0 fully saturated rings. The molecule has 5 aromatic rings. The van der Waals surface area contributed by atoms with E-state index in [2.05, 4.69) is 47.5 Å². The van der Waals surface area contributed by atoms with Crippen molar-refractivity contribution in [1.29, 1.82) is 0 Å². The third-order valence-corrected chi connectivity index (χ3v) is 6.53. The molecule has 0 aliphatic rings. The van der Waals surface area contributed by atoms with Crippen LogP contribution in [0.3, 0.4) is 0 Å². The highest BCUT2D eigenvalue weighted by molar-refractivity contribution is 5.97. The number of halogens is 1. The standard InChI is InChI=1S/C31H32FN7O/c1-5-28-26(13-22(15-33-2)21-12-24(17-34-16-21)40-11-10-39(3)4)31(38-37-28)29-14-25-27(18-35-19-30(25)36-29)20-6-8-23(32)9-7-20/h5-9,12-19,33,36-37H,10-11H2,1-4H3/b22-15+,26-13+,28-5-. The summed E-state index contributed by atoms with van der Waals surface area (Å²) >= 11 is 0. The lowest BCUT2D eigenvalue weighted by molar-refractivity contribution is 0.260. The van der Waals surface area contributed by atoms with Crippen LogP contribution in [0.25, 0.3) is 51.1 Å². The predicted octanol–water partition coefficient (Wildman–Crippen LogP) is 3.94. The fourth-order valence-electron chi connectivity index (χ4n) is 4.49. The second-order valence-corrected chi connectivity index (χ2v) is 9.62. The first kappa shape index (κ1) is 26.8. The van der Waals surface area contributed by atoms with Crippen LogP contribution in [0.2, 0.25) is 0 Å². The molecule has 4 heterocycles. The largest absolute Gasteiger partial charge is 0.491 e. The maximum Gasteiger partial charge on any atom is 0.138 e. The molecule has 5 rings (SSSR count). The highest BCUT2D eigenvalue weighted by Gasteiger charge is 2.14. The number of pyridine rings is 2. The number of rotatable bonds is 9. The number of ether oxygens (including phenoxy) is 1. The first-order chi connectivity index (χ1) is 19.5. The Morgan fingerprint density at radius 1 is 1.07 bits per heavy atom. The molecule has 0 spiro atoms. The SMILES string of the molecule is C\C=c1/[nH]nc(-c2cc3c(-c4ccc(F)cc4)cncc3[nH]2)/c1=C/C(=C\NC)c1cncc(OCCN(C)C)c1. The van der Waals surface area contributed by atoms with Gasteiger partial charge in [-0.1, -0.05) is 18.2 Å². The van der Waals surface area contributed by atoms with Crippen molar-refractivity contribution in [3.63, 3.8) is 0 Å². The van der Waals surface area contributed by atoms with Crippen molar-refractivity contribution < 1.29 is 9.13 Å². The van der Waals surface area contributed by atoms with Crippen LogP contribution < -0.4 is 20.6 Å². The van der Waals surface area contributed by atoms with E-state index >= 15 is 0 Å². The topological polar surface area (TPSA) is 94.8 Å². The van der Waals surface area contributed by atoms with Gasteiger partial charge in [-0.05, 0) is 62.5 Å². The lowest BCUT2D eigenvalue weighted by Gasteiger charge is -2.11. The molecule has 0 saturated carbocycles. The lowest BCUT2D eigenvalue weighted by Crippen LogP contribution is -2.23. The van der Waals surface area contributed by atoms with Crippen LogP contribution in [0.4, 0.5) is 4.39 Å². The number of aromatic nitrogens is 5. The number of hydrogen-bond acceptors (Lipinski definition) is 6. The number of allylic oxidation sites excluding steroid dienone is 1. The third-order valence-electron chi connectivity index (χ3n) is 6.53. The third kappa shape index (κ3) is 5.79. The van der Waals surface area contributed by atoms with E-state index in [1.54, 1.807) is 30.7 Å². The minimum absolute atomic E-state index is 0.273. The fourth-order valence-corrected chi connectivity index (χ4v) is 4.49. The first-order valence-corrected chi connectivity index (χ1v) is 13.0. The Morgan fingerprint density at radius 3 is 2.62 bits per heavy atom. The second-order valence-electron chi connectivity index (χ2n) is 9.62. The molecule has 1 aromatic carbocycles. The number of H-pyrrole nitrogens is 2. The number of hydrogen-bond donors (Lipinski definition) is 3. The molecule has 0 radical (unpaired) electrons. The summed E-state index contributed by atoms with van der Waals surface area (Å²) in [5.41, 5.74) is 6.10. The number of nitrogens with zero attached hydrogens (tertiary/aromatic N) is 4. The zero-order chi connectivity index (χ0) is 28.1. The van der Waals surface area contributed by atoms with Crippen LogP contribution in [-0.2, 0) is 0 Å². The Kier molecular flexibility index (Phi) is 8.02.